The highest BCUT2D eigenvalue weighted by atomic mass is 16.3. The van der Waals surface area contributed by atoms with Gasteiger partial charge in [0.2, 0.25) is 0 Å². The van der Waals surface area contributed by atoms with E-state index in [0.717, 1.165) is 29.3 Å². The van der Waals surface area contributed by atoms with Crippen molar-refractivity contribution in [1.82, 2.24) is 4.98 Å². The van der Waals surface area contributed by atoms with Crippen molar-refractivity contribution in [2.24, 2.45) is 11.7 Å². The molecule has 16 heavy (non-hydrogen) atoms. The van der Waals surface area contributed by atoms with Crippen molar-refractivity contribution in [3.05, 3.63) is 36.0 Å². The molecule has 3 nitrogen and oxygen atoms in total. The van der Waals surface area contributed by atoms with Crippen LogP contribution in [0.2, 0.25) is 0 Å². The van der Waals surface area contributed by atoms with Crippen molar-refractivity contribution in [3.8, 4) is 0 Å². The lowest BCUT2D eigenvalue weighted by Crippen LogP contribution is -2.27. The predicted octanol–water partition coefficient (Wildman–Crippen LogP) is 1.94. The predicted molar refractivity (Wildman–Crippen MR) is 64.0 cm³/mol. The van der Waals surface area contributed by atoms with Gasteiger partial charge in [-0.05, 0) is 47.9 Å². The average Bonchev–Trinajstić information content (AvgIpc) is 3.05. The molecule has 0 amide bonds. The van der Waals surface area contributed by atoms with E-state index >= 15 is 0 Å². The molecule has 1 aromatic carbocycles. The fourth-order valence-corrected chi connectivity index (χ4v) is 2.21. The normalized spacial score (nSPS) is 19.9. The molecule has 0 saturated heterocycles. The summed E-state index contributed by atoms with van der Waals surface area (Å²) >= 11 is 0. The summed E-state index contributed by atoms with van der Waals surface area (Å²) in [5, 5.41) is 11.1. The Kier molecular flexibility index (Phi) is 2.23. The van der Waals surface area contributed by atoms with E-state index in [1.165, 1.54) is 0 Å². The Bertz CT molecular complexity index is 501. The van der Waals surface area contributed by atoms with Crippen LogP contribution in [0.5, 0.6) is 0 Å². The molecule has 0 radical (unpaired) electrons. The van der Waals surface area contributed by atoms with Gasteiger partial charge in [-0.1, -0.05) is 6.07 Å². The van der Waals surface area contributed by atoms with Crippen LogP contribution in [0.15, 0.2) is 30.5 Å². The Balaban J connectivity index is 1.91. The molecule has 1 fully saturated rings. The lowest BCUT2D eigenvalue weighted by atomic mass is 9.98. The van der Waals surface area contributed by atoms with Crippen molar-refractivity contribution >= 4 is 10.9 Å². The molecular weight excluding hydrogens is 200 g/mol. The minimum Gasteiger partial charge on any atom is -0.391 e. The quantitative estimate of drug-likeness (QED) is 0.734. The van der Waals surface area contributed by atoms with Crippen LogP contribution in [0.4, 0.5) is 0 Å². The van der Waals surface area contributed by atoms with Crippen LogP contribution < -0.4 is 5.73 Å². The molecule has 0 spiro atoms. The lowest BCUT2D eigenvalue weighted by molar-refractivity contribution is 0.122. The summed E-state index contributed by atoms with van der Waals surface area (Å²) in [6, 6.07) is 7.84. The van der Waals surface area contributed by atoms with E-state index in [0.29, 0.717) is 5.92 Å². The first-order chi connectivity index (χ1) is 7.75. The van der Waals surface area contributed by atoms with E-state index < -0.39 is 6.10 Å². The molecule has 1 heterocycles. The summed E-state index contributed by atoms with van der Waals surface area (Å²) in [4.78, 5) is 3.15. The number of aromatic nitrogens is 1. The van der Waals surface area contributed by atoms with Crippen LogP contribution in [-0.4, -0.2) is 16.2 Å². The van der Waals surface area contributed by atoms with E-state index in [-0.39, 0.29) is 6.04 Å². The van der Waals surface area contributed by atoms with E-state index in [9.17, 15) is 5.11 Å². The lowest BCUT2D eigenvalue weighted by Gasteiger charge is -2.18. The summed E-state index contributed by atoms with van der Waals surface area (Å²) in [5.74, 6) is 0.414. The van der Waals surface area contributed by atoms with Crippen molar-refractivity contribution in [1.29, 1.82) is 0 Å². The van der Waals surface area contributed by atoms with Gasteiger partial charge in [0.05, 0.1) is 12.1 Å². The van der Waals surface area contributed by atoms with Gasteiger partial charge in [0.15, 0.2) is 0 Å². The summed E-state index contributed by atoms with van der Waals surface area (Å²) in [5.41, 5.74) is 8.21. The molecule has 2 atom stereocenters. The van der Waals surface area contributed by atoms with E-state index in [4.69, 9.17) is 5.73 Å². The second-order valence-corrected chi connectivity index (χ2v) is 4.68. The van der Waals surface area contributed by atoms with Crippen LogP contribution in [0, 0.1) is 5.92 Å². The summed E-state index contributed by atoms with van der Waals surface area (Å²) in [6.07, 6.45) is 3.75. The number of rotatable bonds is 3. The molecule has 0 aliphatic heterocycles. The van der Waals surface area contributed by atoms with Crippen LogP contribution in [-0.2, 0) is 0 Å². The zero-order chi connectivity index (χ0) is 11.1. The molecule has 3 heteroatoms. The van der Waals surface area contributed by atoms with Gasteiger partial charge in [0, 0.05) is 11.7 Å². The maximum atomic E-state index is 10.0. The van der Waals surface area contributed by atoms with Gasteiger partial charge in [-0.15, -0.1) is 0 Å². The Morgan fingerprint density at radius 1 is 1.31 bits per heavy atom. The highest BCUT2D eigenvalue weighted by Crippen LogP contribution is 2.37. The van der Waals surface area contributed by atoms with Gasteiger partial charge in [-0.25, -0.2) is 0 Å². The average molecular weight is 216 g/mol. The smallest absolute Gasteiger partial charge is 0.0760 e. The molecule has 0 bridgehead atoms. The Hall–Kier alpha value is -1.32. The van der Waals surface area contributed by atoms with Gasteiger partial charge < -0.3 is 15.8 Å². The molecule has 1 aliphatic carbocycles. The monoisotopic (exact) mass is 216 g/mol. The minimum absolute atomic E-state index is 0.258. The fraction of sp³-hybridized carbons (Fsp3) is 0.385. The topological polar surface area (TPSA) is 62.0 Å². The van der Waals surface area contributed by atoms with Crippen LogP contribution in [0.1, 0.15) is 24.4 Å². The number of H-pyrrole nitrogens is 1. The fourth-order valence-electron chi connectivity index (χ4n) is 2.21. The zero-order valence-electron chi connectivity index (χ0n) is 9.06. The molecule has 0 unspecified atom stereocenters. The Morgan fingerprint density at radius 3 is 2.88 bits per heavy atom. The number of aromatic amines is 1. The Morgan fingerprint density at radius 2 is 2.12 bits per heavy atom. The molecular formula is C13H16N2O. The largest absolute Gasteiger partial charge is 0.391 e. The third-order valence-corrected chi connectivity index (χ3v) is 3.44. The minimum atomic E-state index is -0.392. The highest BCUT2D eigenvalue weighted by Gasteiger charge is 2.34. The van der Waals surface area contributed by atoms with Gasteiger partial charge in [0.25, 0.3) is 0 Å². The summed E-state index contributed by atoms with van der Waals surface area (Å²) in [7, 11) is 0. The summed E-state index contributed by atoms with van der Waals surface area (Å²) < 4.78 is 0. The maximum Gasteiger partial charge on any atom is 0.0760 e. The number of fused-ring (bicyclic) bond motifs is 1. The number of nitrogens with one attached hydrogen (secondary N) is 1. The molecule has 84 valence electrons. The van der Waals surface area contributed by atoms with Gasteiger partial charge in [0.1, 0.15) is 0 Å². The molecule has 2 aromatic rings. The van der Waals surface area contributed by atoms with E-state index in [1.54, 1.807) is 0 Å². The second kappa shape index (κ2) is 3.61. The first-order valence-electron chi connectivity index (χ1n) is 5.76. The number of aliphatic hydroxyl groups is 1. The third kappa shape index (κ3) is 1.62. The van der Waals surface area contributed by atoms with Crippen LogP contribution >= 0.6 is 0 Å². The first-order valence-corrected chi connectivity index (χ1v) is 5.76. The molecule has 1 aliphatic rings. The highest BCUT2D eigenvalue weighted by molar-refractivity contribution is 5.80. The van der Waals surface area contributed by atoms with Gasteiger partial charge in [-0.3, -0.25) is 0 Å². The van der Waals surface area contributed by atoms with Gasteiger partial charge >= 0.3 is 0 Å². The molecule has 3 rings (SSSR count). The standard InChI is InChI=1S/C13H16N2O/c14-12(13(16)8-1-2-8)10-3-4-11-9(7-10)5-6-15-11/h3-8,12-13,15-16H,1-2,14H2/t12-,13+/m0/s1. The van der Waals surface area contributed by atoms with Crippen LogP contribution in [0.3, 0.4) is 0 Å². The first kappa shape index (κ1) is 9.87. The van der Waals surface area contributed by atoms with Crippen molar-refractivity contribution in [3.63, 3.8) is 0 Å². The molecule has 1 saturated carbocycles. The summed E-state index contributed by atoms with van der Waals surface area (Å²) in [6.45, 7) is 0. The number of benzene rings is 1. The van der Waals surface area contributed by atoms with Crippen LogP contribution in [0.25, 0.3) is 10.9 Å². The van der Waals surface area contributed by atoms with Crippen molar-refractivity contribution < 1.29 is 5.11 Å². The van der Waals surface area contributed by atoms with Crippen molar-refractivity contribution in [2.75, 3.05) is 0 Å². The van der Waals surface area contributed by atoms with E-state index in [1.807, 2.05) is 24.4 Å². The Labute approximate surface area is 94.3 Å². The molecule has 1 aromatic heterocycles. The number of hydrogen-bond donors (Lipinski definition) is 3. The SMILES string of the molecule is N[C@@H](c1ccc2[nH]ccc2c1)[C@H](O)C1CC1. The number of hydrogen-bond acceptors (Lipinski definition) is 2. The number of nitrogens with two attached hydrogens (primary N) is 1. The van der Waals surface area contributed by atoms with Gasteiger partial charge in [-0.2, -0.15) is 0 Å². The molecule has 4 N–H and O–H groups in total. The van der Waals surface area contributed by atoms with Crippen molar-refractivity contribution in [2.45, 2.75) is 25.0 Å². The second-order valence-electron chi connectivity index (χ2n) is 4.68. The van der Waals surface area contributed by atoms with E-state index in [2.05, 4.69) is 11.1 Å². The third-order valence-electron chi connectivity index (χ3n) is 3.44. The zero-order valence-corrected chi connectivity index (χ0v) is 9.06. The number of aliphatic hydroxyl groups excluding tert-OH is 1. The maximum absolute atomic E-state index is 10.0.